The van der Waals surface area contributed by atoms with E-state index in [1.165, 1.54) is 44.6 Å². The Hall–Kier alpha value is -3.24. The van der Waals surface area contributed by atoms with E-state index in [9.17, 15) is 18.4 Å². The maximum atomic E-state index is 13.1. The molecule has 1 atom stereocenters. The van der Waals surface area contributed by atoms with Crippen LogP contribution in [0.1, 0.15) is 28.8 Å². The number of nitrogens with one attached hydrogen (secondary N) is 1. The lowest BCUT2D eigenvalue weighted by molar-refractivity contribution is 0.102. The van der Waals surface area contributed by atoms with Crippen molar-refractivity contribution in [1.29, 1.82) is 0 Å². The highest BCUT2D eigenvalue weighted by molar-refractivity contribution is 6.38. The first-order valence-electron chi connectivity index (χ1n) is 9.09. The zero-order valence-corrected chi connectivity index (χ0v) is 18.3. The standard InChI is InChI=1S/C20H17Cl2F2N5O3/c1-9(17(23)24)10-3-11(7-26-6-10)28-19(30)15-18(25)27-8-29(20(15)31)16-13(21)4-12(32-2)5-14(16)22/h3-9,17H,25H2,1-2H3,(H,28,30)/t9-/m0/s1. The van der Waals surface area contributed by atoms with Gasteiger partial charge in [-0.2, -0.15) is 0 Å². The van der Waals surface area contributed by atoms with Crippen molar-refractivity contribution in [1.82, 2.24) is 14.5 Å². The summed E-state index contributed by atoms with van der Waals surface area (Å²) in [4.78, 5) is 33.6. The molecule has 2 aromatic heterocycles. The van der Waals surface area contributed by atoms with Crippen molar-refractivity contribution in [3.05, 3.63) is 68.4 Å². The van der Waals surface area contributed by atoms with Crippen LogP contribution in [0.5, 0.6) is 5.75 Å². The number of rotatable bonds is 6. The van der Waals surface area contributed by atoms with Gasteiger partial charge >= 0.3 is 0 Å². The molecule has 0 saturated carbocycles. The van der Waals surface area contributed by atoms with Crippen molar-refractivity contribution in [2.24, 2.45) is 0 Å². The maximum absolute atomic E-state index is 13.1. The molecule has 0 radical (unpaired) electrons. The van der Waals surface area contributed by atoms with E-state index in [-0.39, 0.29) is 32.8 Å². The summed E-state index contributed by atoms with van der Waals surface area (Å²) in [5.41, 5.74) is 4.85. The molecular weight excluding hydrogens is 467 g/mol. The summed E-state index contributed by atoms with van der Waals surface area (Å²) in [5, 5.41) is 2.59. The van der Waals surface area contributed by atoms with E-state index in [4.69, 9.17) is 33.7 Å². The highest BCUT2D eigenvalue weighted by Crippen LogP contribution is 2.32. The minimum absolute atomic E-state index is 0.0762. The van der Waals surface area contributed by atoms with E-state index in [0.717, 1.165) is 10.9 Å². The van der Waals surface area contributed by atoms with Gasteiger partial charge in [-0.3, -0.25) is 19.1 Å². The number of carbonyl (C=O) groups is 1. The van der Waals surface area contributed by atoms with Crippen molar-refractivity contribution in [3.63, 3.8) is 0 Å². The first kappa shape index (κ1) is 23.4. The number of amides is 1. The van der Waals surface area contributed by atoms with Gasteiger partial charge in [0.25, 0.3) is 11.5 Å². The third-order valence-electron chi connectivity index (χ3n) is 4.62. The van der Waals surface area contributed by atoms with Crippen LogP contribution in [0.25, 0.3) is 5.69 Å². The van der Waals surface area contributed by atoms with E-state index >= 15 is 0 Å². The number of nitrogens with two attached hydrogens (primary N) is 1. The van der Waals surface area contributed by atoms with Gasteiger partial charge in [0.05, 0.1) is 34.7 Å². The number of hydrogen-bond donors (Lipinski definition) is 2. The van der Waals surface area contributed by atoms with Gasteiger partial charge in [0.1, 0.15) is 23.5 Å². The molecule has 0 aliphatic heterocycles. The summed E-state index contributed by atoms with van der Waals surface area (Å²) >= 11 is 12.5. The number of pyridine rings is 1. The molecule has 1 amide bonds. The number of methoxy groups -OCH3 is 1. The predicted octanol–water partition coefficient (Wildman–Crippen LogP) is 4.15. The van der Waals surface area contributed by atoms with E-state index in [2.05, 4.69) is 15.3 Å². The first-order chi connectivity index (χ1) is 15.1. The molecule has 168 valence electrons. The van der Waals surface area contributed by atoms with Crippen LogP contribution in [-0.4, -0.2) is 34.0 Å². The molecule has 1 aromatic carbocycles. The molecule has 0 unspecified atom stereocenters. The highest BCUT2D eigenvalue weighted by Gasteiger charge is 2.22. The minimum atomic E-state index is -2.61. The molecule has 12 heteroatoms. The van der Waals surface area contributed by atoms with Crippen LogP contribution < -0.4 is 21.3 Å². The zero-order chi connectivity index (χ0) is 23.6. The van der Waals surface area contributed by atoms with Crippen LogP contribution in [0.15, 0.2) is 41.7 Å². The first-order valence-corrected chi connectivity index (χ1v) is 9.84. The van der Waals surface area contributed by atoms with E-state index in [1.807, 2.05) is 0 Å². The van der Waals surface area contributed by atoms with E-state index < -0.39 is 29.4 Å². The lowest BCUT2D eigenvalue weighted by Crippen LogP contribution is -2.31. The fraction of sp³-hybridized carbons (Fsp3) is 0.200. The molecule has 0 saturated heterocycles. The van der Waals surface area contributed by atoms with Crippen LogP contribution in [0.2, 0.25) is 10.0 Å². The highest BCUT2D eigenvalue weighted by atomic mass is 35.5. The Morgan fingerprint density at radius 2 is 1.88 bits per heavy atom. The van der Waals surface area contributed by atoms with E-state index in [0.29, 0.717) is 5.75 Å². The van der Waals surface area contributed by atoms with Gasteiger partial charge in [-0.25, -0.2) is 13.8 Å². The average Bonchev–Trinajstić information content (AvgIpc) is 2.74. The average molecular weight is 484 g/mol. The normalized spacial score (nSPS) is 12.0. The van der Waals surface area contributed by atoms with Gasteiger partial charge in [0.15, 0.2) is 0 Å². The third kappa shape index (κ3) is 4.66. The second-order valence-electron chi connectivity index (χ2n) is 6.70. The van der Waals surface area contributed by atoms with Crippen LogP contribution in [0.3, 0.4) is 0 Å². The number of aromatic nitrogens is 3. The fourth-order valence-corrected chi connectivity index (χ4v) is 3.49. The summed E-state index contributed by atoms with van der Waals surface area (Å²) < 4.78 is 32.0. The van der Waals surface area contributed by atoms with Crippen LogP contribution in [-0.2, 0) is 0 Å². The Morgan fingerprint density at radius 1 is 1.22 bits per heavy atom. The number of nitrogen functional groups attached to an aromatic ring is 1. The molecule has 3 N–H and O–H groups in total. The number of anilines is 2. The molecule has 0 bridgehead atoms. The molecule has 3 aromatic rings. The Bertz CT molecular complexity index is 1210. The van der Waals surface area contributed by atoms with Gasteiger partial charge in [-0.1, -0.05) is 30.1 Å². The molecule has 2 heterocycles. The second kappa shape index (κ2) is 9.49. The fourth-order valence-electron chi connectivity index (χ4n) is 2.84. The summed E-state index contributed by atoms with van der Waals surface area (Å²) in [6.45, 7) is 1.33. The number of nitrogens with zero attached hydrogens (tertiary/aromatic N) is 3. The SMILES string of the molecule is COc1cc(Cl)c(-n2cnc(N)c(C(=O)Nc3cncc([C@H](C)C(F)F)c3)c2=O)c(Cl)c1. The second-order valence-corrected chi connectivity index (χ2v) is 7.52. The van der Waals surface area contributed by atoms with Crippen molar-refractivity contribution in [3.8, 4) is 11.4 Å². The molecule has 0 aliphatic rings. The summed E-state index contributed by atoms with van der Waals surface area (Å²) in [6, 6.07) is 4.21. The molecule has 8 nitrogen and oxygen atoms in total. The minimum Gasteiger partial charge on any atom is -0.497 e. The number of benzene rings is 1. The van der Waals surface area contributed by atoms with Gasteiger partial charge in [0, 0.05) is 24.2 Å². The smallest absolute Gasteiger partial charge is 0.273 e. The lowest BCUT2D eigenvalue weighted by Gasteiger charge is -2.14. The number of carbonyl (C=O) groups excluding carboxylic acids is 1. The molecule has 0 aliphatic carbocycles. The van der Waals surface area contributed by atoms with Crippen LogP contribution >= 0.6 is 23.2 Å². The lowest BCUT2D eigenvalue weighted by atomic mass is 10.0. The van der Waals surface area contributed by atoms with Gasteiger partial charge in [-0.15, -0.1) is 0 Å². The van der Waals surface area contributed by atoms with Crippen LogP contribution in [0.4, 0.5) is 20.3 Å². The molecule has 0 spiro atoms. The van der Waals surface area contributed by atoms with Crippen molar-refractivity contribution in [2.45, 2.75) is 19.3 Å². The number of halogens is 4. The molecule has 0 fully saturated rings. The van der Waals surface area contributed by atoms with Crippen molar-refractivity contribution in [2.75, 3.05) is 18.2 Å². The summed E-state index contributed by atoms with van der Waals surface area (Å²) in [7, 11) is 1.42. The van der Waals surface area contributed by atoms with E-state index in [1.54, 1.807) is 0 Å². The monoisotopic (exact) mass is 483 g/mol. The number of ether oxygens (including phenoxy) is 1. The quantitative estimate of drug-likeness (QED) is 0.544. The Kier molecular flexibility index (Phi) is 6.95. The Labute approximate surface area is 191 Å². The van der Waals surface area contributed by atoms with Crippen molar-refractivity contribution >= 4 is 40.6 Å². The topological polar surface area (TPSA) is 112 Å². The number of alkyl halides is 2. The number of hydrogen-bond acceptors (Lipinski definition) is 6. The van der Waals surface area contributed by atoms with Gasteiger partial charge < -0.3 is 15.8 Å². The third-order valence-corrected chi connectivity index (χ3v) is 5.19. The molecule has 32 heavy (non-hydrogen) atoms. The predicted molar refractivity (Wildman–Crippen MR) is 117 cm³/mol. The zero-order valence-electron chi connectivity index (χ0n) is 16.8. The van der Waals surface area contributed by atoms with Crippen molar-refractivity contribution < 1.29 is 18.3 Å². The Morgan fingerprint density at radius 3 is 2.47 bits per heavy atom. The summed E-state index contributed by atoms with van der Waals surface area (Å²) in [5.74, 6) is -1.98. The van der Waals surface area contributed by atoms with Gasteiger partial charge in [-0.05, 0) is 11.6 Å². The Balaban J connectivity index is 2.01. The maximum Gasteiger partial charge on any atom is 0.273 e. The largest absolute Gasteiger partial charge is 0.497 e. The molecular formula is C20H17Cl2F2N5O3. The van der Waals surface area contributed by atoms with Gasteiger partial charge in [0.2, 0.25) is 6.43 Å². The van der Waals surface area contributed by atoms with Crippen LogP contribution in [0, 0.1) is 0 Å². The molecule has 3 rings (SSSR count). The summed E-state index contributed by atoms with van der Waals surface area (Å²) in [6.07, 6.45) is 0.997.